The highest BCUT2D eigenvalue weighted by atomic mass is 32.2. The lowest BCUT2D eigenvalue weighted by Gasteiger charge is -2.32. The molecular formula is C20H24F2N4O4S. The number of nitrogens with two attached hydrogens (primary N) is 1. The van der Waals surface area contributed by atoms with Crippen LogP contribution in [0.3, 0.4) is 0 Å². The Morgan fingerprint density at radius 1 is 1.19 bits per heavy atom. The maximum atomic E-state index is 13.9. The van der Waals surface area contributed by atoms with E-state index in [9.17, 15) is 26.8 Å². The van der Waals surface area contributed by atoms with Gasteiger partial charge in [0.15, 0.2) is 0 Å². The number of sulfonamides is 1. The molecular weight excluding hydrogens is 430 g/mol. The summed E-state index contributed by atoms with van der Waals surface area (Å²) in [6.45, 7) is 0.264. The predicted octanol–water partition coefficient (Wildman–Crippen LogP) is 1.46. The van der Waals surface area contributed by atoms with Crippen LogP contribution in [-0.2, 0) is 28.4 Å². The smallest absolute Gasteiger partial charge is 0.265 e. The van der Waals surface area contributed by atoms with Crippen LogP contribution in [0.1, 0.15) is 28.9 Å². The third kappa shape index (κ3) is 4.77. The summed E-state index contributed by atoms with van der Waals surface area (Å²) in [7, 11) is -0.767. The molecule has 8 nitrogen and oxygen atoms in total. The number of aryl methyl sites for hydroxylation is 1. The molecule has 2 amide bonds. The highest BCUT2D eigenvalue weighted by Gasteiger charge is 2.34. The van der Waals surface area contributed by atoms with Crippen LogP contribution >= 0.6 is 0 Å². The Balaban J connectivity index is 1.63. The van der Waals surface area contributed by atoms with Crippen molar-refractivity contribution in [3.63, 3.8) is 0 Å². The van der Waals surface area contributed by atoms with Gasteiger partial charge >= 0.3 is 0 Å². The van der Waals surface area contributed by atoms with Gasteiger partial charge in [-0.25, -0.2) is 17.2 Å². The molecule has 2 aromatic rings. The number of nitrogens with zero attached hydrogens (tertiary/aromatic N) is 3. The molecule has 1 aromatic heterocycles. The first-order chi connectivity index (χ1) is 14.5. The quantitative estimate of drug-likeness (QED) is 0.713. The van der Waals surface area contributed by atoms with Gasteiger partial charge in [-0.1, -0.05) is 6.07 Å². The van der Waals surface area contributed by atoms with Crippen LogP contribution in [0.5, 0.6) is 0 Å². The lowest BCUT2D eigenvalue weighted by atomic mass is 9.96. The molecule has 1 aromatic carbocycles. The van der Waals surface area contributed by atoms with Gasteiger partial charge < -0.3 is 15.2 Å². The molecule has 1 aliphatic heterocycles. The Hall–Kier alpha value is -2.79. The van der Waals surface area contributed by atoms with E-state index in [0.29, 0.717) is 12.8 Å². The minimum Gasteiger partial charge on any atom is -0.364 e. The van der Waals surface area contributed by atoms with Crippen molar-refractivity contribution in [1.29, 1.82) is 0 Å². The first-order valence-electron chi connectivity index (χ1n) is 9.66. The Labute approximate surface area is 179 Å². The van der Waals surface area contributed by atoms with E-state index in [2.05, 4.69) is 0 Å². The largest absolute Gasteiger partial charge is 0.364 e. The first kappa shape index (κ1) is 22.9. The summed E-state index contributed by atoms with van der Waals surface area (Å²) in [4.78, 5) is 25.5. The van der Waals surface area contributed by atoms with Gasteiger partial charge in [-0.05, 0) is 25.0 Å². The standard InChI is InChI=1S/C20H24F2N4O4S/c1-24-12-16(10-18(24)19(23)27)31(29,30)26-7-5-13(6-8-26)20(28)25(2)11-14-3-4-15(21)9-17(14)22/h3-4,9-10,12-13H,5-8,11H2,1-2H3,(H2,23,27). The average molecular weight is 454 g/mol. The Morgan fingerprint density at radius 2 is 1.84 bits per heavy atom. The zero-order valence-electron chi connectivity index (χ0n) is 17.2. The fraction of sp³-hybridized carbons (Fsp3) is 0.400. The van der Waals surface area contributed by atoms with E-state index in [1.807, 2.05) is 0 Å². The van der Waals surface area contributed by atoms with Crippen LogP contribution in [-0.4, -0.2) is 54.1 Å². The van der Waals surface area contributed by atoms with Crippen molar-refractivity contribution in [2.24, 2.45) is 18.7 Å². The maximum absolute atomic E-state index is 13.9. The lowest BCUT2D eigenvalue weighted by molar-refractivity contribution is -0.136. The topological polar surface area (TPSA) is 106 Å². The van der Waals surface area contributed by atoms with Gasteiger partial charge in [0.2, 0.25) is 15.9 Å². The summed E-state index contributed by atoms with van der Waals surface area (Å²) in [5.74, 6) is -2.77. The number of carbonyl (C=O) groups is 2. The summed E-state index contributed by atoms with van der Waals surface area (Å²) in [5, 5.41) is 0. The van der Waals surface area contributed by atoms with Gasteiger partial charge in [0, 0.05) is 57.5 Å². The summed E-state index contributed by atoms with van der Waals surface area (Å²) < 4.78 is 55.3. The van der Waals surface area contributed by atoms with Crippen LogP contribution in [0.4, 0.5) is 8.78 Å². The number of piperidine rings is 1. The second-order valence-corrected chi connectivity index (χ2v) is 9.58. The molecule has 3 rings (SSSR count). The van der Waals surface area contributed by atoms with E-state index < -0.39 is 33.5 Å². The molecule has 0 unspecified atom stereocenters. The zero-order valence-corrected chi connectivity index (χ0v) is 18.0. The van der Waals surface area contributed by atoms with E-state index >= 15 is 0 Å². The van der Waals surface area contributed by atoms with Crippen molar-refractivity contribution in [1.82, 2.24) is 13.8 Å². The van der Waals surface area contributed by atoms with Crippen LogP contribution in [0.2, 0.25) is 0 Å². The second kappa shape index (κ2) is 8.75. The Morgan fingerprint density at radius 3 is 2.39 bits per heavy atom. The molecule has 1 aliphatic rings. The molecule has 0 saturated carbocycles. The van der Waals surface area contributed by atoms with Gasteiger partial charge in [-0.3, -0.25) is 9.59 Å². The normalized spacial score (nSPS) is 15.7. The van der Waals surface area contributed by atoms with E-state index in [4.69, 9.17) is 5.73 Å². The lowest BCUT2D eigenvalue weighted by Crippen LogP contribution is -2.43. The van der Waals surface area contributed by atoms with E-state index in [-0.39, 0.29) is 41.7 Å². The van der Waals surface area contributed by atoms with Gasteiger partial charge in [-0.15, -0.1) is 0 Å². The number of amides is 2. The molecule has 0 aliphatic carbocycles. The molecule has 168 valence electrons. The summed E-state index contributed by atoms with van der Waals surface area (Å²) >= 11 is 0. The van der Waals surface area contributed by atoms with Crippen molar-refractivity contribution in [3.05, 3.63) is 53.4 Å². The van der Waals surface area contributed by atoms with Crippen molar-refractivity contribution in [2.75, 3.05) is 20.1 Å². The molecule has 0 atom stereocenters. The number of benzene rings is 1. The Bertz CT molecular complexity index is 1110. The molecule has 1 saturated heterocycles. The molecule has 1 fully saturated rings. The fourth-order valence-corrected chi connectivity index (χ4v) is 5.25. The molecule has 2 heterocycles. The highest BCUT2D eigenvalue weighted by Crippen LogP contribution is 2.26. The molecule has 0 spiro atoms. The summed E-state index contributed by atoms with van der Waals surface area (Å²) in [5.41, 5.74) is 5.53. The number of primary amides is 1. The van der Waals surface area contributed by atoms with E-state index in [1.165, 1.54) is 46.2 Å². The number of halogens is 2. The number of carbonyl (C=O) groups excluding carboxylic acids is 2. The zero-order chi connectivity index (χ0) is 22.9. The van der Waals surface area contributed by atoms with Crippen LogP contribution in [0.15, 0.2) is 35.4 Å². The monoisotopic (exact) mass is 454 g/mol. The third-order valence-electron chi connectivity index (χ3n) is 5.47. The van der Waals surface area contributed by atoms with Crippen molar-refractivity contribution in [2.45, 2.75) is 24.3 Å². The third-order valence-corrected chi connectivity index (χ3v) is 7.34. The number of aromatic nitrogens is 1. The molecule has 11 heteroatoms. The molecule has 2 N–H and O–H groups in total. The van der Waals surface area contributed by atoms with Crippen LogP contribution in [0, 0.1) is 17.6 Å². The fourth-order valence-electron chi connectivity index (χ4n) is 3.71. The van der Waals surface area contributed by atoms with E-state index in [1.54, 1.807) is 0 Å². The van der Waals surface area contributed by atoms with Crippen molar-refractivity contribution < 1.29 is 26.8 Å². The van der Waals surface area contributed by atoms with Crippen molar-refractivity contribution >= 4 is 21.8 Å². The molecule has 31 heavy (non-hydrogen) atoms. The van der Waals surface area contributed by atoms with Crippen LogP contribution in [0.25, 0.3) is 0 Å². The van der Waals surface area contributed by atoms with Crippen LogP contribution < -0.4 is 5.73 Å². The second-order valence-electron chi connectivity index (χ2n) is 7.64. The number of hydrogen-bond acceptors (Lipinski definition) is 4. The Kier molecular flexibility index (Phi) is 6.46. The minimum atomic E-state index is -3.83. The van der Waals surface area contributed by atoms with Crippen molar-refractivity contribution in [3.8, 4) is 0 Å². The van der Waals surface area contributed by atoms with E-state index in [0.717, 1.165) is 12.1 Å². The van der Waals surface area contributed by atoms with Gasteiger partial charge in [0.05, 0.1) is 0 Å². The van der Waals surface area contributed by atoms with Gasteiger partial charge in [0.25, 0.3) is 5.91 Å². The summed E-state index contributed by atoms with van der Waals surface area (Å²) in [6.07, 6.45) is 1.95. The molecule has 0 bridgehead atoms. The highest BCUT2D eigenvalue weighted by molar-refractivity contribution is 7.89. The van der Waals surface area contributed by atoms with Gasteiger partial charge in [0.1, 0.15) is 22.2 Å². The number of rotatable bonds is 6. The maximum Gasteiger partial charge on any atom is 0.265 e. The minimum absolute atomic E-state index is 0.0105. The summed E-state index contributed by atoms with van der Waals surface area (Å²) in [6, 6.07) is 4.43. The first-order valence-corrected chi connectivity index (χ1v) is 11.1. The predicted molar refractivity (Wildman–Crippen MR) is 108 cm³/mol. The van der Waals surface area contributed by atoms with Gasteiger partial charge in [-0.2, -0.15) is 4.31 Å². The molecule has 0 radical (unpaired) electrons. The number of hydrogen-bond donors (Lipinski definition) is 1. The average Bonchev–Trinajstić information content (AvgIpc) is 3.12. The SMILES string of the molecule is CN(Cc1ccc(F)cc1F)C(=O)C1CCN(S(=O)(=O)c2cc(C(N)=O)n(C)c2)CC1.